The molecule has 1 aromatic heterocycles. The predicted octanol–water partition coefficient (Wildman–Crippen LogP) is 3.20. The van der Waals surface area contributed by atoms with E-state index in [4.69, 9.17) is 0 Å². The van der Waals surface area contributed by atoms with Crippen LogP contribution in [-0.2, 0) is 6.42 Å². The van der Waals surface area contributed by atoms with E-state index in [9.17, 15) is 0 Å². The molecule has 0 fully saturated rings. The van der Waals surface area contributed by atoms with Crippen LogP contribution < -0.4 is 0 Å². The number of nitrogens with zero attached hydrogens (tertiary/aromatic N) is 2. The van der Waals surface area contributed by atoms with Gasteiger partial charge >= 0.3 is 0 Å². The minimum absolute atomic E-state index is 0.521. The highest BCUT2D eigenvalue weighted by molar-refractivity contribution is 9.09. The van der Waals surface area contributed by atoms with Gasteiger partial charge in [-0.2, -0.15) is 5.10 Å². The average molecular weight is 265 g/mol. The molecule has 0 saturated heterocycles. The summed E-state index contributed by atoms with van der Waals surface area (Å²) in [6, 6.07) is 10.4. The van der Waals surface area contributed by atoms with Crippen molar-refractivity contribution in [3.05, 3.63) is 48.3 Å². The second-order valence-electron chi connectivity index (χ2n) is 3.60. The molecule has 0 aliphatic carbocycles. The maximum absolute atomic E-state index is 4.18. The van der Waals surface area contributed by atoms with Gasteiger partial charge in [0.1, 0.15) is 0 Å². The van der Waals surface area contributed by atoms with Gasteiger partial charge in [-0.15, -0.1) is 0 Å². The minimum Gasteiger partial charge on any atom is -0.241 e. The molecule has 0 radical (unpaired) electrons. The summed E-state index contributed by atoms with van der Waals surface area (Å²) in [5.41, 5.74) is 2.45. The molecule has 2 nitrogen and oxygen atoms in total. The topological polar surface area (TPSA) is 17.8 Å². The van der Waals surface area contributed by atoms with E-state index in [0.29, 0.717) is 4.83 Å². The third-order valence-electron chi connectivity index (χ3n) is 2.22. The SMILES string of the molecule is CC(Br)Cc1ccc(-n2cccn2)cc1. The molecule has 1 unspecified atom stereocenters. The predicted molar refractivity (Wildman–Crippen MR) is 65.7 cm³/mol. The Morgan fingerprint density at radius 1 is 1.33 bits per heavy atom. The molecule has 0 aliphatic heterocycles. The molecule has 0 spiro atoms. The van der Waals surface area contributed by atoms with Crippen LogP contribution in [0.15, 0.2) is 42.7 Å². The van der Waals surface area contributed by atoms with Gasteiger partial charge in [0, 0.05) is 17.2 Å². The van der Waals surface area contributed by atoms with Crippen LogP contribution in [0.25, 0.3) is 5.69 Å². The van der Waals surface area contributed by atoms with E-state index in [1.807, 2.05) is 16.9 Å². The fourth-order valence-electron chi connectivity index (χ4n) is 1.53. The summed E-state index contributed by atoms with van der Waals surface area (Å²) in [5, 5.41) is 4.18. The van der Waals surface area contributed by atoms with Crippen molar-refractivity contribution in [3.63, 3.8) is 0 Å². The molecule has 1 heterocycles. The van der Waals surface area contributed by atoms with Crippen LogP contribution in [0.5, 0.6) is 0 Å². The van der Waals surface area contributed by atoms with E-state index in [0.717, 1.165) is 12.1 Å². The van der Waals surface area contributed by atoms with Crippen molar-refractivity contribution in [1.82, 2.24) is 9.78 Å². The number of hydrogen-bond acceptors (Lipinski definition) is 1. The first-order chi connectivity index (χ1) is 7.25. The summed E-state index contributed by atoms with van der Waals surface area (Å²) in [6.07, 6.45) is 4.79. The zero-order valence-corrected chi connectivity index (χ0v) is 10.2. The third-order valence-corrected chi connectivity index (χ3v) is 2.55. The Bertz CT molecular complexity index is 404. The van der Waals surface area contributed by atoms with Gasteiger partial charge in [-0.25, -0.2) is 4.68 Å². The van der Waals surface area contributed by atoms with Crippen LogP contribution in [0.2, 0.25) is 0 Å². The van der Waals surface area contributed by atoms with Crippen molar-refractivity contribution in [3.8, 4) is 5.69 Å². The Balaban J connectivity index is 2.17. The highest BCUT2D eigenvalue weighted by Crippen LogP contribution is 2.12. The summed E-state index contributed by atoms with van der Waals surface area (Å²) in [7, 11) is 0. The molecule has 15 heavy (non-hydrogen) atoms. The lowest BCUT2D eigenvalue weighted by Crippen LogP contribution is -1.98. The lowest BCUT2D eigenvalue weighted by molar-refractivity contribution is 0.877. The maximum Gasteiger partial charge on any atom is 0.0645 e. The molecule has 0 bridgehead atoms. The van der Waals surface area contributed by atoms with Crippen LogP contribution in [0.3, 0.4) is 0 Å². The number of halogens is 1. The summed E-state index contributed by atoms with van der Waals surface area (Å²) in [5.74, 6) is 0. The van der Waals surface area contributed by atoms with Gasteiger partial charge in [0.2, 0.25) is 0 Å². The molecule has 0 saturated carbocycles. The second kappa shape index (κ2) is 4.62. The third kappa shape index (κ3) is 2.69. The molecule has 0 N–H and O–H groups in total. The number of aromatic nitrogens is 2. The van der Waals surface area contributed by atoms with E-state index in [1.54, 1.807) is 6.20 Å². The van der Waals surface area contributed by atoms with E-state index in [1.165, 1.54) is 5.56 Å². The van der Waals surface area contributed by atoms with E-state index < -0.39 is 0 Å². The standard InChI is InChI=1S/C12H13BrN2/c1-10(13)9-11-3-5-12(6-4-11)15-8-2-7-14-15/h2-8,10H,9H2,1H3. The van der Waals surface area contributed by atoms with Gasteiger partial charge in [-0.3, -0.25) is 0 Å². The molecule has 1 aromatic carbocycles. The van der Waals surface area contributed by atoms with Gasteiger partial charge < -0.3 is 0 Å². The molecule has 2 aromatic rings. The van der Waals surface area contributed by atoms with Gasteiger partial charge in [-0.05, 0) is 30.2 Å². The number of benzene rings is 1. The molecular formula is C12H13BrN2. The van der Waals surface area contributed by atoms with E-state index in [-0.39, 0.29) is 0 Å². The Labute approximate surface area is 98.1 Å². The summed E-state index contributed by atoms with van der Waals surface area (Å²) >= 11 is 3.55. The lowest BCUT2D eigenvalue weighted by atomic mass is 10.1. The second-order valence-corrected chi connectivity index (χ2v) is 5.17. The monoisotopic (exact) mass is 264 g/mol. The summed E-state index contributed by atoms with van der Waals surface area (Å²) < 4.78 is 1.86. The van der Waals surface area contributed by atoms with Crippen LogP contribution in [0.4, 0.5) is 0 Å². The zero-order valence-electron chi connectivity index (χ0n) is 8.60. The maximum atomic E-state index is 4.18. The summed E-state index contributed by atoms with van der Waals surface area (Å²) in [4.78, 5) is 0.521. The smallest absolute Gasteiger partial charge is 0.0645 e. The molecule has 0 amide bonds. The largest absolute Gasteiger partial charge is 0.241 e. The number of alkyl halides is 1. The number of rotatable bonds is 3. The average Bonchev–Trinajstić information content (AvgIpc) is 2.71. The molecule has 2 rings (SSSR count). The van der Waals surface area contributed by atoms with Crippen LogP contribution in [-0.4, -0.2) is 14.6 Å². The Morgan fingerprint density at radius 3 is 2.60 bits per heavy atom. The zero-order chi connectivity index (χ0) is 10.7. The highest BCUT2D eigenvalue weighted by Gasteiger charge is 2.00. The van der Waals surface area contributed by atoms with Crippen molar-refractivity contribution < 1.29 is 0 Å². The quantitative estimate of drug-likeness (QED) is 0.779. The van der Waals surface area contributed by atoms with Crippen molar-refractivity contribution in [2.45, 2.75) is 18.2 Å². The fourth-order valence-corrected chi connectivity index (χ4v) is 1.90. The molecule has 3 heteroatoms. The van der Waals surface area contributed by atoms with Crippen molar-refractivity contribution in [1.29, 1.82) is 0 Å². The van der Waals surface area contributed by atoms with Crippen LogP contribution in [0.1, 0.15) is 12.5 Å². The van der Waals surface area contributed by atoms with Crippen LogP contribution >= 0.6 is 15.9 Å². The van der Waals surface area contributed by atoms with E-state index >= 15 is 0 Å². The Hall–Kier alpha value is -1.09. The van der Waals surface area contributed by atoms with Gasteiger partial charge in [0.15, 0.2) is 0 Å². The van der Waals surface area contributed by atoms with E-state index in [2.05, 4.69) is 52.2 Å². The molecular weight excluding hydrogens is 252 g/mol. The van der Waals surface area contributed by atoms with Gasteiger partial charge in [-0.1, -0.05) is 35.0 Å². The van der Waals surface area contributed by atoms with Crippen molar-refractivity contribution >= 4 is 15.9 Å². The first-order valence-electron chi connectivity index (χ1n) is 4.99. The molecule has 1 atom stereocenters. The molecule has 0 aliphatic rings. The van der Waals surface area contributed by atoms with Crippen LogP contribution in [0, 0.1) is 0 Å². The van der Waals surface area contributed by atoms with Crippen molar-refractivity contribution in [2.75, 3.05) is 0 Å². The first-order valence-corrected chi connectivity index (χ1v) is 5.90. The summed E-state index contributed by atoms with van der Waals surface area (Å²) in [6.45, 7) is 2.15. The van der Waals surface area contributed by atoms with Gasteiger partial charge in [0.25, 0.3) is 0 Å². The van der Waals surface area contributed by atoms with Gasteiger partial charge in [0.05, 0.1) is 5.69 Å². The normalized spacial score (nSPS) is 12.7. The van der Waals surface area contributed by atoms with Crippen molar-refractivity contribution in [2.24, 2.45) is 0 Å². The highest BCUT2D eigenvalue weighted by atomic mass is 79.9. The Kier molecular flexibility index (Phi) is 3.21. The number of hydrogen-bond donors (Lipinski definition) is 0. The minimum atomic E-state index is 0.521. The molecule has 78 valence electrons. The Morgan fingerprint density at radius 2 is 2.07 bits per heavy atom. The fraction of sp³-hybridized carbons (Fsp3) is 0.250. The lowest BCUT2D eigenvalue weighted by Gasteiger charge is -2.05. The first kappa shape index (κ1) is 10.4.